The molecule has 0 aliphatic heterocycles. The second-order valence-electron chi connectivity index (χ2n) is 5.69. The minimum Gasteiger partial charge on any atom is -0.491 e. The number of hydrogen-bond acceptors (Lipinski definition) is 4. The van der Waals surface area contributed by atoms with Gasteiger partial charge in [-0.25, -0.2) is 9.59 Å². The maximum Gasteiger partial charge on any atom is 0.340 e. The highest BCUT2D eigenvalue weighted by atomic mass is 16.5. The van der Waals surface area contributed by atoms with E-state index in [2.05, 4.69) is 10.6 Å². The molecular weight excluding hydrogens is 332 g/mol. The second kappa shape index (κ2) is 9.46. The SMILES string of the molecule is CCOC(=O)c1ccccc1NC(=O)NCCOc1cccc(C)c1C. The first-order chi connectivity index (χ1) is 12.5. The van der Waals surface area contributed by atoms with Gasteiger partial charge in [0.15, 0.2) is 0 Å². The minimum absolute atomic E-state index is 0.273. The van der Waals surface area contributed by atoms with Crippen molar-refractivity contribution in [2.75, 3.05) is 25.1 Å². The van der Waals surface area contributed by atoms with Crippen molar-refractivity contribution < 1.29 is 19.1 Å². The zero-order chi connectivity index (χ0) is 18.9. The largest absolute Gasteiger partial charge is 0.491 e. The van der Waals surface area contributed by atoms with Crippen molar-refractivity contribution in [3.63, 3.8) is 0 Å². The predicted molar refractivity (Wildman–Crippen MR) is 101 cm³/mol. The predicted octanol–water partition coefficient (Wildman–Crippen LogP) is 3.68. The molecule has 2 rings (SSSR count). The fraction of sp³-hybridized carbons (Fsp3) is 0.300. The van der Waals surface area contributed by atoms with Crippen molar-refractivity contribution in [2.24, 2.45) is 0 Å². The first kappa shape index (κ1) is 19.3. The molecule has 2 aromatic rings. The van der Waals surface area contributed by atoms with Gasteiger partial charge in [-0.3, -0.25) is 0 Å². The molecule has 0 heterocycles. The van der Waals surface area contributed by atoms with Gasteiger partial charge in [0.2, 0.25) is 0 Å². The lowest BCUT2D eigenvalue weighted by molar-refractivity contribution is 0.0527. The maximum absolute atomic E-state index is 12.0. The first-order valence-electron chi connectivity index (χ1n) is 8.53. The summed E-state index contributed by atoms with van der Waals surface area (Å²) in [6, 6.07) is 12.2. The van der Waals surface area contributed by atoms with Crippen molar-refractivity contribution in [3.8, 4) is 5.75 Å². The number of esters is 1. The van der Waals surface area contributed by atoms with Crippen LogP contribution in [0.1, 0.15) is 28.4 Å². The molecule has 0 aromatic heterocycles. The van der Waals surface area contributed by atoms with Crippen LogP contribution in [0, 0.1) is 13.8 Å². The number of nitrogens with one attached hydrogen (secondary N) is 2. The summed E-state index contributed by atoms with van der Waals surface area (Å²) in [5.41, 5.74) is 2.96. The summed E-state index contributed by atoms with van der Waals surface area (Å²) >= 11 is 0. The zero-order valence-electron chi connectivity index (χ0n) is 15.3. The zero-order valence-corrected chi connectivity index (χ0v) is 15.3. The summed E-state index contributed by atoms with van der Waals surface area (Å²) in [5, 5.41) is 5.37. The Bertz CT molecular complexity index is 774. The first-order valence-corrected chi connectivity index (χ1v) is 8.53. The number of para-hydroxylation sites is 1. The number of anilines is 1. The van der Waals surface area contributed by atoms with Crippen LogP contribution in [0.5, 0.6) is 5.75 Å². The molecule has 0 bridgehead atoms. The van der Waals surface area contributed by atoms with Crippen LogP contribution in [0.3, 0.4) is 0 Å². The molecular formula is C20H24N2O4. The van der Waals surface area contributed by atoms with Gasteiger partial charge in [-0.1, -0.05) is 24.3 Å². The number of aryl methyl sites for hydroxylation is 1. The Labute approximate surface area is 153 Å². The molecule has 0 saturated heterocycles. The lowest BCUT2D eigenvalue weighted by Crippen LogP contribution is -2.32. The second-order valence-corrected chi connectivity index (χ2v) is 5.69. The Morgan fingerprint density at radius 1 is 1.04 bits per heavy atom. The van der Waals surface area contributed by atoms with Crippen LogP contribution in [-0.2, 0) is 4.74 Å². The van der Waals surface area contributed by atoms with Crippen LogP contribution in [0.4, 0.5) is 10.5 Å². The summed E-state index contributed by atoms with van der Waals surface area (Å²) in [5.74, 6) is 0.335. The van der Waals surface area contributed by atoms with E-state index in [1.807, 2.05) is 32.0 Å². The normalized spacial score (nSPS) is 10.1. The standard InChI is InChI=1S/C20H24N2O4/c1-4-25-19(23)16-9-5-6-10-17(16)22-20(24)21-12-13-26-18-11-7-8-14(2)15(18)3/h5-11H,4,12-13H2,1-3H3,(H2,21,22,24). The monoisotopic (exact) mass is 356 g/mol. The fourth-order valence-electron chi connectivity index (χ4n) is 2.35. The molecule has 0 aliphatic rings. The highest BCUT2D eigenvalue weighted by Crippen LogP contribution is 2.20. The number of ether oxygens (including phenoxy) is 2. The average Bonchev–Trinajstić information content (AvgIpc) is 2.62. The number of carbonyl (C=O) groups is 2. The number of amides is 2. The van der Waals surface area contributed by atoms with E-state index in [9.17, 15) is 9.59 Å². The number of benzene rings is 2. The van der Waals surface area contributed by atoms with Crippen molar-refractivity contribution in [2.45, 2.75) is 20.8 Å². The Balaban J connectivity index is 1.84. The van der Waals surface area contributed by atoms with E-state index in [-0.39, 0.29) is 6.61 Å². The molecule has 2 amide bonds. The topological polar surface area (TPSA) is 76.7 Å². The fourth-order valence-corrected chi connectivity index (χ4v) is 2.35. The molecule has 6 nitrogen and oxygen atoms in total. The van der Waals surface area contributed by atoms with E-state index in [1.165, 1.54) is 0 Å². The van der Waals surface area contributed by atoms with Crippen molar-refractivity contribution in [3.05, 3.63) is 59.2 Å². The highest BCUT2D eigenvalue weighted by molar-refractivity contribution is 6.00. The van der Waals surface area contributed by atoms with E-state index in [4.69, 9.17) is 9.47 Å². The van der Waals surface area contributed by atoms with Crippen LogP contribution in [0.15, 0.2) is 42.5 Å². The molecule has 6 heteroatoms. The van der Waals surface area contributed by atoms with E-state index in [0.29, 0.717) is 24.4 Å². The Morgan fingerprint density at radius 3 is 2.58 bits per heavy atom. The summed E-state index contributed by atoms with van der Waals surface area (Å²) in [7, 11) is 0. The third-order valence-corrected chi connectivity index (χ3v) is 3.87. The van der Waals surface area contributed by atoms with Gasteiger partial charge >= 0.3 is 12.0 Å². The van der Waals surface area contributed by atoms with Gasteiger partial charge in [0, 0.05) is 0 Å². The van der Waals surface area contributed by atoms with Crippen LogP contribution in [0.25, 0.3) is 0 Å². The molecule has 0 aliphatic carbocycles. The lowest BCUT2D eigenvalue weighted by atomic mass is 10.1. The number of hydrogen-bond donors (Lipinski definition) is 2. The Hall–Kier alpha value is -3.02. The van der Waals surface area contributed by atoms with E-state index in [1.54, 1.807) is 31.2 Å². The van der Waals surface area contributed by atoms with Gasteiger partial charge in [0.1, 0.15) is 12.4 Å². The van der Waals surface area contributed by atoms with E-state index < -0.39 is 12.0 Å². The van der Waals surface area contributed by atoms with Gasteiger partial charge in [0.25, 0.3) is 0 Å². The third kappa shape index (κ3) is 5.24. The molecule has 0 spiro atoms. The highest BCUT2D eigenvalue weighted by Gasteiger charge is 2.13. The molecule has 0 radical (unpaired) electrons. The number of rotatable bonds is 7. The van der Waals surface area contributed by atoms with Crippen LogP contribution < -0.4 is 15.4 Å². The van der Waals surface area contributed by atoms with Gasteiger partial charge in [0.05, 0.1) is 24.4 Å². The summed E-state index contributed by atoms with van der Waals surface area (Å²) < 4.78 is 10.7. The van der Waals surface area contributed by atoms with Gasteiger partial charge < -0.3 is 20.1 Å². The quantitative estimate of drug-likeness (QED) is 0.586. The number of urea groups is 1. The van der Waals surface area contributed by atoms with Crippen molar-refractivity contribution >= 4 is 17.7 Å². The van der Waals surface area contributed by atoms with Crippen LogP contribution in [-0.4, -0.2) is 31.8 Å². The van der Waals surface area contributed by atoms with Gasteiger partial charge in [-0.15, -0.1) is 0 Å². The summed E-state index contributed by atoms with van der Waals surface area (Å²) in [6.07, 6.45) is 0. The summed E-state index contributed by atoms with van der Waals surface area (Å²) in [4.78, 5) is 24.0. The van der Waals surface area contributed by atoms with Gasteiger partial charge in [-0.05, 0) is 50.1 Å². The van der Waals surface area contributed by atoms with Crippen LogP contribution in [0.2, 0.25) is 0 Å². The molecule has 2 N–H and O–H groups in total. The van der Waals surface area contributed by atoms with Crippen molar-refractivity contribution in [1.29, 1.82) is 0 Å². The number of carbonyl (C=O) groups excluding carboxylic acids is 2. The molecule has 26 heavy (non-hydrogen) atoms. The van der Waals surface area contributed by atoms with Gasteiger partial charge in [-0.2, -0.15) is 0 Å². The third-order valence-electron chi connectivity index (χ3n) is 3.87. The molecule has 0 fully saturated rings. The van der Waals surface area contributed by atoms with E-state index >= 15 is 0 Å². The molecule has 2 aromatic carbocycles. The molecule has 0 saturated carbocycles. The maximum atomic E-state index is 12.0. The minimum atomic E-state index is -0.471. The van der Waals surface area contributed by atoms with Crippen LogP contribution >= 0.6 is 0 Å². The lowest BCUT2D eigenvalue weighted by Gasteiger charge is -2.13. The average molecular weight is 356 g/mol. The Kier molecular flexibility index (Phi) is 7.02. The molecule has 0 unspecified atom stereocenters. The molecule has 138 valence electrons. The van der Waals surface area contributed by atoms with Crippen molar-refractivity contribution in [1.82, 2.24) is 5.32 Å². The molecule has 0 atom stereocenters. The van der Waals surface area contributed by atoms with E-state index in [0.717, 1.165) is 16.9 Å². The summed E-state index contributed by atoms with van der Waals surface area (Å²) in [6.45, 7) is 6.70. The Morgan fingerprint density at radius 2 is 1.81 bits per heavy atom. The smallest absolute Gasteiger partial charge is 0.340 e.